The molecular weight excluding hydrogens is 250 g/mol. The van der Waals surface area contributed by atoms with Crippen LogP contribution in [0.15, 0.2) is 18.2 Å². The molecule has 1 heterocycles. The van der Waals surface area contributed by atoms with Gasteiger partial charge in [0.25, 0.3) is 0 Å². The quantitative estimate of drug-likeness (QED) is 0.890. The normalized spacial score (nSPS) is 19.6. The molecule has 1 aliphatic rings. The van der Waals surface area contributed by atoms with Crippen molar-refractivity contribution in [1.29, 1.82) is 0 Å². The van der Waals surface area contributed by atoms with E-state index in [4.69, 9.17) is 21.1 Å². The predicted molar refractivity (Wildman–Crippen MR) is 73.8 cm³/mol. The summed E-state index contributed by atoms with van der Waals surface area (Å²) in [4.78, 5) is 0. The summed E-state index contributed by atoms with van der Waals surface area (Å²) in [6.45, 7) is 1.83. The number of methoxy groups -OCH3 is 1. The van der Waals surface area contributed by atoms with Crippen molar-refractivity contribution in [3.8, 4) is 11.5 Å². The molecule has 3 nitrogen and oxygen atoms in total. The molecule has 1 aromatic carbocycles. The van der Waals surface area contributed by atoms with E-state index >= 15 is 0 Å². The summed E-state index contributed by atoms with van der Waals surface area (Å²) in [5.74, 6) is 1.48. The molecule has 0 unspecified atom stereocenters. The molecule has 18 heavy (non-hydrogen) atoms. The van der Waals surface area contributed by atoms with E-state index in [2.05, 4.69) is 5.32 Å². The van der Waals surface area contributed by atoms with Crippen LogP contribution in [0.1, 0.15) is 25.7 Å². The smallest absolute Gasteiger partial charge is 0.138 e. The van der Waals surface area contributed by atoms with Crippen molar-refractivity contribution >= 4 is 11.6 Å². The van der Waals surface area contributed by atoms with Crippen LogP contribution in [0.2, 0.25) is 5.02 Å². The van der Waals surface area contributed by atoms with Crippen LogP contribution in [0.5, 0.6) is 11.5 Å². The summed E-state index contributed by atoms with van der Waals surface area (Å²) in [6.07, 6.45) is 4.89. The van der Waals surface area contributed by atoms with Gasteiger partial charge in [-0.3, -0.25) is 0 Å². The number of piperidine rings is 1. The molecule has 1 saturated heterocycles. The Morgan fingerprint density at radius 2 is 2.28 bits per heavy atom. The lowest BCUT2D eigenvalue weighted by molar-refractivity contribution is 0.268. The zero-order valence-corrected chi connectivity index (χ0v) is 11.5. The van der Waals surface area contributed by atoms with Gasteiger partial charge in [-0.05, 0) is 37.9 Å². The van der Waals surface area contributed by atoms with E-state index in [1.54, 1.807) is 13.2 Å². The Bertz CT molecular complexity index is 378. The van der Waals surface area contributed by atoms with Crippen LogP contribution in [0, 0.1) is 0 Å². The second kappa shape index (κ2) is 6.86. The van der Waals surface area contributed by atoms with Gasteiger partial charge in [0, 0.05) is 12.1 Å². The molecule has 0 amide bonds. The third-order valence-corrected chi connectivity index (χ3v) is 3.57. The maximum atomic E-state index is 6.11. The van der Waals surface area contributed by atoms with Gasteiger partial charge in [-0.2, -0.15) is 0 Å². The fraction of sp³-hybridized carbons (Fsp3) is 0.571. The Labute approximate surface area is 113 Å². The van der Waals surface area contributed by atoms with Gasteiger partial charge in [0.05, 0.1) is 18.7 Å². The molecule has 0 saturated carbocycles. The summed E-state index contributed by atoms with van der Waals surface area (Å²) >= 11 is 6.11. The maximum absolute atomic E-state index is 6.11. The van der Waals surface area contributed by atoms with Crippen molar-refractivity contribution in [3.05, 3.63) is 23.2 Å². The van der Waals surface area contributed by atoms with Crippen molar-refractivity contribution in [2.45, 2.75) is 31.7 Å². The summed E-state index contributed by atoms with van der Waals surface area (Å²) < 4.78 is 10.8. The SMILES string of the molecule is COc1ccc(OCC[C@@H]2CCCCN2)c(Cl)c1. The minimum absolute atomic E-state index is 0.593. The molecule has 4 heteroatoms. The molecule has 0 bridgehead atoms. The van der Waals surface area contributed by atoms with Gasteiger partial charge in [0.1, 0.15) is 11.5 Å². The second-order valence-corrected chi connectivity index (χ2v) is 4.99. The Hall–Kier alpha value is -0.930. The number of halogens is 1. The Morgan fingerprint density at radius 1 is 1.39 bits per heavy atom. The highest BCUT2D eigenvalue weighted by molar-refractivity contribution is 6.32. The van der Waals surface area contributed by atoms with E-state index in [0.717, 1.165) is 24.5 Å². The number of nitrogens with one attached hydrogen (secondary N) is 1. The number of hydrogen-bond donors (Lipinski definition) is 1. The fourth-order valence-electron chi connectivity index (χ4n) is 2.21. The predicted octanol–water partition coefficient (Wildman–Crippen LogP) is 3.26. The van der Waals surface area contributed by atoms with Crippen LogP contribution >= 0.6 is 11.6 Å². The van der Waals surface area contributed by atoms with E-state index in [1.807, 2.05) is 12.1 Å². The topological polar surface area (TPSA) is 30.5 Å². The van der Waals surface area contributed by atoms with Crippen LogP contribution in [0.3, 0.4) is 0 Å². The highest BCUT2D eigenvalue weighted by Crippen LogP contribution is 2.28. The van der Waals surface area contributed by atoms with Crippen molar-refractivity contribution in [2.24, 2.45) is 0 Å². The van der Waals surface area contributed by atoms with E-state index in [-0.39, 0.29) is 0 Å². The number of rotatable bonds is 5. The average Bonchev–Trinajstić information content (AvgIpc) is 2.42. The van der Waals surface area contributed by atoms with Crippen molar-refractivity contribution in [3.63, 3.8) is 0 Å². The van der Waals surface area contributed by atoms with E-state index in [1.165, 1.54) is 19.3 Å². The number of ether oxygens (including phenoxy) is 2. The summed E-state index contributed by atoms with van der Waals surface area (Å²) in [5.41, 5.74) is 0. The van der Waals surface area contributed by atoms with Gasteiger partial charge >= 0.3 is 0 Å². The molecule has 0 aliphatic carbocycles. The lowest BCUT2D eigenvalue weighted by Gasteiger charge is -2.23. The molecule has 1 aromatic rings. The first-order valence-corrected chi connectivity index (χ1v) is 6.87. The minimum atomic E-state index is 0.593. The second-order valence-electron chi connectivity index (χ2n) is 4.58. The maximum Gasteiger partial charge on any atom is 0.138 e. The van der Waals surface area contributed by atoms with Gasteiger partial charge in [-0.15, -0.1) is 0 Å². The van der Waals surface area contributed by atoms with Crippen LogP contribution in [-0.2, 0) is 0 Å². The van der Waals surface area contributed by atoms with Crippen LogP contribution < -0.4 is 14.8 Å². The van der Waals surface area contributed by atoms with Gasteiger partial charge in [-0.1, -0.05) is 18.0 Å². The van der Waals surface area contributed by atoms with Gasteiger partial charge in [-0.25, -0.2) is 0 Å². The Balaban J connectivity index is 1.79. The van der Waals surface area contributed by atoms with Gasteiger partial charge in [0.15, 0.2) is 0 Å². The standard InChI is InChI=1S/C14H20ClNO2/c1-17-12-5-6-14(13(15)10-12)18-9-7-11-4-2-3-8-16-11/h5-6,10-11,16H,2-4,7-9H2,1H3/t11-/m0/s1. The third-order valence-electron chi connectivity index (χ3n) is 3.28. The molecule has 100 valence electrons. The highest BCUT2D eigenvalue weighted by atomic mass is 35.5. The summed E-state index contributed by atoms with van der Waals surface area (Å²) in [6, 6.07) is 6.08. The molecule has 0 aromatic heterocycles. The van der Waals surface area contributed by atoms with Gasteiger partial charge < -0.3 is 14.8 Å². The van der Waals surface area contributed by atoms with Crippen LogP contribution in [-0.4, -0.2) is 26.3 Å². The molecule has 0 spiro atoms. The Morgan fingerprint density at radius 3 is 2.94 bits per heavy atom. The molecule has 1 aliphatic heterocycles. The van der Waals surface area contributed by atoms with Gasteiger partial charge in [0.2, 0.25) is 0 Å². The van der Waals surface area contributed by atoms with E-state index in [0.29, 0.717) is 17.7 Å². The minimum Gasteiger partial charge on any atom is -0.497 e. The van der Waals surface area contributed by atoms with Crippen LogP contribution in [0.25, 0.3) is 0 Å². The molecular formula is C14H20ClNO2. The third kappa shape index (κ3) is 3.79. The number of benzene rings is 1. The number of hydrogen-bond acceptors (Lipinski definition) is 3. The molecule has 2 rings (SSSR count). The average molecular weight is 270 g/mol. The largest absolute Gasteiger partial charge is 0.497 e. The van der Waals surface area contributed by atoms with E-state index in [9.17, 15) is 0 Å². The lowest BCUT2D eigenvalue weighted by Crippen LogP contribution is -2.35. The zero-order valence-electron chi connectivity index (χ0n) is 10.7. The lowest BCUT2D eigenvalue weighted by atomic mass is 10.0. The van der Waals surface area contributed by atoms with Crippen molar-refractivity contribution in [2.75, 3.05) is 20.3 Å². The highest BCUT2D eigenvalue weighted by Gasteiger charge is 2.12. The zero-order chi connectivity index (χ0) is 12.8. The van der Waals surface area contributed by atoms with Crippen molar-refractivity contribution < 1.29 is 9.47 Å². The molecule has 1 N–H and O–H groups in total. The fourth-order valence-corrected chi connectivity index (χ4v) is 2.43. The molecule has 1 atom stereocenters. The van der Waals surface area contributed by atoms with Crippen molar-refractivity contribution in [1.82, 2.24) is 5.32 Å². The first-order chi connectivity index (χ1) is 8.79. The summed E-state index contributed by atoms with van der Waals surface area (Å²) in [5, 5.41) is 4.11. The molecule has 1 fully saturated rings. The van der Waals surface area contributed by atoms with Crippen LogP contribution in [0.4, 0.5) is 0 Å². The van der Waals surface area contributed by atoms with E-state index < -0.39 is 0 Å². The first kappa shape index (κ1) is 13.5. The Kier molecular flexibility index (Phi) is 5.14. The monoisotopic (exact) mass is 269 g/mol. The summed E-state index contributed by atoms with van der Waals surface area (Å²) in [7, 11) is 1.63. The molecule has 0 radical (unpaired) electrons. The first-order valence-electron chi connectivity index (χ1n) is 6.49.